The number of aromatic nitrogens is 2. The molecule has 94 valence electrons. The number of nitrogens with one attached hydrogen (secondary N) is 1. The van der Waals surface area contributed by atoms with Crippen LogP contribution in [0.1, 0.15) is 41.9 Å². The first-order chi connectivity index (χ1) is 8.78. The topological polar surface area (TPSA) is 48.9 Å². The molecule has 3 rings (SSSR count). The van der Waals surface area contributed by atoms with Crippen LogP contribution in [0.2, 0.25) is 0 Å². The van der Waals surface area contributed by atoms with Crippen molar-refractivity contribution < 1.29 is 5.11 Å². The highest BCUT2D eigenvalue weighted by Crippen LogP contribution is 2.32. The van der Waals surface area contributed by atoms with Crippen molar-refractivity contribution >= 4 is 0 Å². The molecule has 0 saturated carbocycles. The molecule has 0 saturated heterocycles. The number of rotatable bonds is 2. The van der Waals surface area contributed by atoms with Crippen LogP contribution in [0.4, 0.5) is 0 Å². The van der Waals surface area contributed by atoms with E-state index in [1.807, 2.05) is 6.92 Å². The average Bonchev–Trinajstić information content (AvgIpc) is 2.79. The molecule has 0 spiro atoms. The molecular formula is C15H18N2O. The molecule has 3 nitrogen and oxygen atoms in total. The van der Waals surface area contributed by atoms with Crippen molar-refractivity contribution in [3.05, 3.63) is 46.9 Å². The maximum atomic E-state index is 9.71. The summed E-state index contributed by atoms with van der Waals surface area (Å²) in [6.45, 7) is 2.02. The third-order valence-corrected chi connectivity index (χ3v) is 3.86. The maximum Gasteiger partial charge on any atom is 0.232 e. The van der Waals surface area contributed by atoms with Gasteiger partial charge in [-0.15, -0.1) is 0 Å². The molecule has 0 bridgehead atoms. The van der Waals surface area contributed by atoms with E-state index in [0.29, 0.717) is 5.92 Å². The van der Waals surface area contributed by atoms with Gasteiger partial charge in [0.1, 0.15) is 5.82 Å². The highest BCUT2D eigenvalue weighted by molar-refractivity contribution is 5.32. The van der Waals surface area contributed by atoms with E-state index in [1.165, 1.54) is 11.1 Å². The van der Waals surface area contributed by atoms with Gasteiger partial charge in [0, 0.05) is 5.92 Å². The largest absolute Gasteiger partial charge is 0.492 e. The Balaban J connectivity index is 1.87. The number of nitrogens with zero attached hydrogens (tertiary/aromatic N) is 1. The van der Waals surface area contributed by atoms with Gasteiger partial charge in [-0.05, 0) is 36.8 Å². The first-order valence-corrected chi connectivity index (χ1v) is 6.62. The number of imidazole rings is 1. The summed E-state index contributed by atoms with van der Waals surface area (Å²) in [6, 6.07) is 8.61. The lowest BCUT2D eigenvalue weighted by Crippen LogP contribution is -2.13. The molecule has 18 heavy (non-hydrogen) atoms. The SMILES string of the molecule is CCc1[nH]c(C2CCc3ccccc3C2)nc1O. The molecule has 1 unspecified atom stereocenters. The van der Waals surface area contributed by atoms with E-state index in [-0.39, 0.29) is 5.88 Å². The maximum absolute atomic E-state index is 9.71. The third-order valence-electron chi connectivity index (χ3n) is 3.86. The lowest BCUT2D eigenvalue weighted by Gasteiger charge is -2.22. The van der Waals surface area contributed by atoms with Crippen molar-refractivity contribution in [2.45, 2.75) is 38.5 Å². The van der Waals surface area contributed by atoms with Crippen LogP contribution in [0, 0.1) is 0 Å². The van der Waals surface area contributed by atoms with Crippen molar-refractivity contribution in [1.29, 1.82) is 0 Å². The number of H-pyrrole nitrogens is 1. The van der Waals surface area contributed by atoms with Gasteiger partial charge in [-0.2, -0.15) is 4.98 Å². The molecule has 1 heterocycles. The van der Waals surface area contributed by atoms with Crippen LogP contribution in [-0.4, -0.2) is 15.1 Å². The van der Waals surface area contributed by atoms with Crippen molar-refractivity contribution in [3.8, 4) is 5.88 Å². The summed E-state index contributed by atoms with van der Waals surface area (Å²) in [5.41, 5.74) is 3.73. The van der Waals surface area contributed by atoms with Crippen LogP contribution in [-0.2, 0) is 19.3 Å². The molecule has 1 aromatic carbocycles. The number of aromatic amines is 1. The Kier molecular flexibility index (Phi) is 2.82. The van der Waals surface area contributed by atoms with Crippen LogP contribution >= 0.6 is 0 Å². The quantitative estimate of drug-likeness (QED) is 0.850. The normalized spacial score (nSPS) is 18.6. The minimum absolute atomic E-state index is 0.173. The Bertz CT molecular complexity index is 559. The van der Waals surface area contributed by atoms with Gasteiger partial charge < -0.3 is 10.1 Å². The highest BCUT2D eigenvalue weighted by Gasteiger charge is 2.23. The monoisotopic (exact) mass is 242 g/mol. The molecule has 0 amide bonds. The van der Waals surface area contributed by atoms with E-state index >= 15 is 0 Å². The minimum Gasteiger partial charge on any atom is -0.492 e. The summed E-state index contributed by atoms with van der Waals surface area (Å²) in [4.78, 5) is 7.55. The highest BCUT2D eigenvalue weighted by atomic mass is 16.3. The number of fused-ring (bicyclic) bond motifs is 1. The van der Waals surface area contributed by atoms with Crippen LogP contribution in [0.25, 0.3) is 0 Å². The summed E-state index contributed by atoms with van der Waals surface area (Å²) in [7, 11) is 0. The first kappa shape index (κ1) is 11.3. The fraction of sp³-hybridized carbons (Fsp3) is 0.400. The average molecular weight is 242 g/mol. The molecule has 0 radical (unpaired) electrons. The lowest BCUT2D eigenvalue weighted by molar-refractivity contribution is 0.446. The smallest absolute Gasteiger partial charge is 0.232 e. The molecule has 3 heteroatoms. The fourth-order valence-electron chi connectivity index (χ4n) is 2.79. The minimum atomic E-state index is 0.173. The fourth-order valence-corrected chi connectivity index (χ4v) is 2.79. The van der Waals surface area contributed by atoms with Gasteiger partial charge in [0.05, 0.1) is 5.69 Å². The zero-order valence-corrected chi connectivity index (χ0v) is 10.6. The van der Waals surface area contributed by atoms with E-state index < -0.39 is 0 Å². The van der Waals surface area contributed by atoms with Gasteiger partial charge in [0.2, 0.25) is 5.88 Å². The van der Waals surface area contributed by atoms with Crippen molar-refractivity contribution in [1.82, 2.24) is 9.97 Å². The van der Waals surface area contributed by atoms with E-state index in [4.69, 9.17) is 0 Å². The third kappa shape index (κ3) is 1.90. The summed E-state index contributed by atoms with van der Waals surface area (Å²) in [6.07, 6.45) is 4.02. The summed E-state index contributed by atoms with van der Waals surface area (Å²) >= 11 is 0. The number of aryl methyl sites for hydroxylation is 2. The second kappa shape index (κ2) is 4.48. The molecular weight excluding hydrogens is 224 g/mol. The van der Waals surface area contributed by atoms with Crippen LogP contribution in [0.5, 0.6) is 5.88 Å². The van der Waals surface area contributed by atoms with E-state index in [0.717, 1.165) is 37.2 Å². The molecule has 1 aromatic heterocycles. The number of aromatic hydroxyl groups is 1. The molecule has 1 aliphatic carbocycles. The van der Waals surface area contributed by atoms with Gasteiger partial charge in [-0.3, -0.25) is 0 Å². The van der Waals surface area contributed by atoms with E-state index in [2.05, 4.69) is 34.2 Å². The molecule has 1 aliphatic rings. The molecule has 0 fully saturated rings. The van der Waals surface area contributed by atoms with Gasteiger partial charge >= 0.3 is 0 Å². The molecule has 2 N–H and O–H groups in total. The number of benzene rings is 1. The van der Waals surface area contributed by atoms with Gasteiger partial charge in [-0.25, -0.2) is 0 Å². The van der Waals surface area contributed by atoms with Crippen LogP contribution in [0.3, 0.4) is 0 Å². The predicted molar refractivity (Wildman–Crippen MR) is 70.8 cm³/mol. The number of hydrogen-bond donors (Lipinski definition) is 2. The number of hydrogen-bond acceptors (Lipinski definition) is 2. The summed E-state index contributed by atoms with van der Waals surface area (Å²) < 4.78 is 0. The van der Waals surface area contributed by atoms with Gasteiger partial charge in [0.25, 0.3) is 0 Å². The van der Waals surface area contributed by atoms with E-state index in [1.54, 1.807) is 0 Å². The Hall–Kier alpha value is -1.77. The zero-order valence-electron chi connectivity index (χ0n) is 10.6. The van der Waals surface area contributed by atoms with Crippen LogP contribution < -0.4 is 0 Å². The van der Waals surface area contributed by atoms with Gasteiger partial charge in [-0.1, -0.05) is 31.2 Å². The Morgan fingerprint density at radius 3 is 2.83 bits per heavy atom. The van der Waals surface area contributed by atoms with Crippen molar-refractivity contribution in [3.63, 3.8) is 0 Å². The standard InChI is InChI=1S/C15H18N2O/c1-2-13-15(18)17-14(16-13)12-8-7-10-5-3-4-6-11(10)9-12/h3-6,12,18H,2,7-9H2,1H3,(H,16,17). The molecule has 2 aromatic rings. The van der Waals surface area contributed by atoms with Crippen LogP contribution in [0.15, 0.2) is 24.3 Å². The Morgan fingerprint density at radius 2 is 2.11 bits per heavy atom. The molecule has 0 aliphatic heterocycles. The summed E-state index contributed by atoms with van der Waals surface area (Å²) in [5, 5.41) is 9.71. The first-order valence-electron chi connectivity index (χ1n) is 6.62. The van der Waals surface area contributed by atoms with E-state index in [9.17, 15) is 5.11 Å². The van der Waals surface area contributed by atoms with Crippen molar-refractivity contribution in [2.75, 3.05) is 0 Å². The summed E-state index contributed by atoms with van der Waals surface area (Å²) in [5.74, 6) is 1.52. The van der Waals surface area contributed by atoms with Crippen molar-refractivity contribution in [2.24, 2.45) is 0 Å². The Labute approximate surface area is 107 Å². The Morgan fingerprint density at radius 1 is 1.33 bits per heavy atom. The lowest BCUT2D eigenvalue weighted by atomic mass is 9.83. The molecule has 1 atom stereocenters. The predicted octanol–water partition coefficient (Wildman–Crippen LogP) is 2.95. The zero-order chi connectivity index (χ0) is 12.5. The second-order valence-corrected chi connectivity index (χ2v) is 4.99. The van der Waals surface area contributed by atoms with Gasteiger partial charge in [0.15, 0.2) is 0 Å². The second-order valence-electron chi connectivity index (χ2n) is 4.99.